The third kappa shape index (κ3) is 2.58. The molecule has 0 aromatic heterocycles. The van der Waals surface area contributed by atoms with E-state index in [0.29, 0.717) is 11.8 Å². The lowest BCUT2D eigenvalue weighted by Gasteiger charge is -2.43. The van der Waals surface area contributed by atoms with E-state index in [1.807, 2.05) is 30.3 Å². The third-order valence-corrected chi connectivity index (χ3v) is 5.62. The average Bonchev–Trinajstić information content (AvgIpc) is 3.42. The van der Waals surface area contributed by atoms with Crippen LogP contribution < -0.4 is 5.32 Å². The molecule has 1 amide bonds. The van der Waals surface area contributed by atoms with Crippen LogP contribution >= 0.6 is 0 Å². The number of carbonyl (C=O) groups excluding carboxylic acids is 2. The van der Waals surface area contributed by atoms with Gasteiger partial charge in [0, 0.05) is 5.92 Å². The highest BCUT2D eigenvalue weighted by Crippen LogP contribution is 2.61. The number of fused-ring (bicyclic) bond motifs is 1. The molecule has 2 bridgehead atoms. The van der Waals surface area contributed by atoms with Crippen LogP contribution in [0.1, 0.15) is 12.0 Å². The normalized spacial score (nSPS) is 35.0. The molecule has 1 aromatic carbocycles. The van der Waals surface area contributed by atoms with Crippen LogP contribution in [0.2, 0.25) is 0 Å². The first-order valence-corrected chi connectivity index (χ1v) is 8.42. The van der Waals surface area contributed by atoms with E-state index in [-0.39, 0.29) is 36.4 Å². The van der Waals surface area contributed by atoms with E-state index in [4.69, 9.17) is 9.47 Å². The summed E-state index contributed by atoms with van der Waals surface area (Å²) in [5.74, 6) is 0.981. The first-order chi connectivity index (χ1) is 11.7. The number of esters is 1. The lowest BCUT2D eigenvalue weighted by molar-refractivity contribution is -0.150. The van der Waals surface area contributed by atoms with Crippen LogP contribution in [0.25, 0.3) is 0 Å². The maximum absolute atomic E-state index is 12.2. The minimum Gasteiger partial charge on any atom is -0.469 e. The molecule has 0 unspecified atom stereocenters. The number of nitrogens with one attached hydrogen (secondary N) is 1. The third-order valence-electron chi connectivity index (χ3n) is 5.62. The highest BCUT2D eigenvalue weighted by molar-refractivity contribution is 5.77. The van der Waals surface area contributed by atoms with Gasteiger partial charge in [-0.3, -0.25) is 4.79 Å². The summed E-state index contributed by atoms with van der Waals surface area (Å²) in [6, 6.07) is 9.31. The Balaban J connectivity index is 1.43. The Morgan fingerprint density at radius 3 is 2.58 bits per heavy atom. The summed E-state index contributed by atoms with van der Waals surface area (Å²) < 4.78 is 10.3. The standard InChI is InChI=1S/C19H21NO4/c1-23-18(21)16-12-7-8-13(15-9-14(12)15)17(16)20-19(22)24-10-11-5-3-2-4-6-11/h2-8,12-17H,9-10H2,1H3,(H,20,22)/t12-,13-,14+,15+,16+,17-/m0/s1. The number of hydrogen-bond donors (Lipinski definition) is 1. The largest absolute Gasteiger partial charge is 0.469 e. The van der Waals surface area contributed by atoms with Crippen molar-refractivity contribution in [3.05, 3.63) is 48.0 Å². The van der Waals surface area contributed by atoms with Gasteiger partial charge in [0.2, 0.25) is 0 Å². The number of methoxy groups -OCH3 is 1. The molecule has 126 valence electrons. The van der Waals surface area contributed by atoms with Crippen molar-refractivity contribution in [2.24, 2.45) is 29.6 Å². The van der Waals surface area contributed by atoms with Crippen LogP contribution in [0.15, 0.2) is 42.5 Å². The molecule has 1 N–H and O–H groups in total. The van der Waals surface area contributed by atoms with Gasteiger partial charge in [-0.2, -0.15) is 0 Å². The number of amides is 1. The van der Waals surface area contributed by atoms with Gasteiger partial charge >= 0.3 is 12.1 Å². The van der Waals surface area contributed by atoms with Crippen LogP contribution in [0, 0.1) is 29.6 Å². The van der Waals surface area contributed by atoms with Crippen LogP contribution in [0.3, 0.4) is 0 Å². The summed E-state index contributed by atoms with van der Waals surface area (Å²) in [4.78, 5) is 24.5. The molecule has 2 fully saturated rings. The monoisotopic (exact) mass is 327 g/mol. The fraction of sp³-hybridized carbons (Fsp3) is 0.474. The molecule has 0 spiro atoms. The van der Waals surface area contributed by atoms with Gasteiger partial charge in [0.15, 0.2) is 0 Å². The van der Waals surface area contributed by atoms with Crippen molar-refractivity contribution in [2.45, 2.75) is 19.1 Å². The topological polar surface area (TPSA) is 64.6 Å². The second-order valence-electron chi connectivity index (χ2n) is 6.88. The maximum Gasteiger partial charge on any atom is 0.407 e. The molecule has 0 heterocycles. The number of allylic oxidation sites excluding steroid dienone is 1. The molecule has 0 saturated heterocycles. The lowest BCUT2D eigenvalue weighted by atomic mass is 9.66. The maximum atomic E-state index is 12.2. The van der Waals surface area contributed by atoms with Crippen molar-refractivity contribution < 1.29 is 19.1 Å². The van der Waals surface area contributed by atoms with E-state index in [0.717, 1.165) is 12.0 Å². The number of benzene rings is 1. The van der Waals surface area contributed by atoms with Crippen LogP contribution in [-0.4, -0.2) is 25.2 Å². The minimum atomic E-state index is -0.476. The SMILES string of the molecule is COC(=O)[C@@H]1[C@H]2C=C[C@@H]([C@H]3C[C@H]23)[C@@H]1NC(=O)OCc1ccccc1. The van der Waals surface area contributed by atoms with Gasteiger partial charge < -0.3 is 14.8 Å². The molecule has 24 heavy (non-hydrogen) atoms. The van der Waals surface area contributed by atoms with Crippen molar-refractivity contribution >= 4 is 12.1 Å². The summed E-state index contributed by atoms with van der Waals surface area (Å²) >= 11 is 0. The summed E-state index contributed by atoms with van der Waals surface area (Å²) in [5.41, 5.74) is 0.935. The van der Waals surface area contributed by atoms with Crippen molar-refractivity contribution in [3.63, 3.8) is 0 Å². The van der Waals surface area contributed by atoms with E-state index in [9.17, 15) is 9.59 Å². The number of alkyl carbamates (subject to hydrolysis) is 1. The minimum absolute atomic E-state index is 0.173. The molecule has 0 radical (unpaired) electrons. The highest BCUT2D eigenvalue weighted by Gasteiger charge is 2.61. The van der Waals surface area contributed by atoms with Gasteiger partial charge in [-0.25, -0.2) is 4.79 Å². The van der Waals surface area contributed by atoms with Gasteiger partial charge in [-0.1, -0.05) is 42.5 Å². The Bertz CT molecular complexity index is 671. The zero-order chi connectivity index (χ0) is 16.7. The molecule has 5 heteroatoms. The lowest BCUT2D eigenvalue weighted by Crippen LogP contribution is -2.55. The predicted molar refractivity (Wildman–Crippen MR) is 86.8 cm³/mol. The van der Waals surface area contributed by atoms with Crippen LogP contribution in [0.5, 0.6) is 0 Å². The summed E-state index contributed by atoms with van der Waals surface area (Å²) in [7, 11) is 1.41. The van der Waals surface area contributed by atoms with E-state index in [1.165, 1.54) is 7.11 Å². The van der Waals surface area contributed by atoms with E-state index in [2.05, 4.69) is 17.5 Å². The number of hydrogen-bond acceptors (Lipinski definition) is 4. The fourth-order valence-electron chi connectivity index (χ4n) is 4.44. The van der Waals surface area contributed by atoms with E-state index >= 15 is 0 Å². The predicted octanol–water partition coefficient (Wildman–Crippen LogP) is 2.52. The number of ether oxygens (including phenoxy) is 2. The molecular weight excluding hydrogens is 306 g/mol. The second-order valence-corrected chi connectivity index (χ2v) is 6.88. The van der Waals surface area contributed by atoms with Gasteiger partial charge in [0.05, 0.1) is 19.1 Å². The number of carbonyl (C=O) groups is 2. The van der Waals surface area contributed by atoms with Gasteiger partial charge in [0.25, 0.3) is 0 Å². The Morgan fingerprint density at radius 2 is 1.83 bits per heavy atom. The molecule has 2 saturated carbocycles. The Kier molecular flexibility index (Phi) is 3.79. The quantitative estimate of drug-likeness (QED) is 0.682. The zero-order valence-electron chi connectivity index (χ0n) is 13.6. The Morgan fingerprint density at radius 1 is 1.12 bits per heavy atom. The van der Waals surface area contributed by atoms with Crippen LogP contribution in [-0.2, 0) is 20.9 Å². The molecule has 5 rings (SSSR count). The van der Waals surface area contributed by atoms with Gasteiger partial charge in [-0.05, 0) is 29.7 Å². The summed E-state index contributed by atoms with van der Waals surface area (Å²) in [6.45, 7) is 0.221. The molecule has 4 aliphatic rings. The molecule has 0 aliphatic heterocycles. The second kappa shape index (κ2) is 5.96. The fourth-order valence-corrected chi connectivity index (χ4v) is 4.44. The molecule has 4 aliphatic carbocycles. The molecule has 1 aromatic rings. The Labute approximate surface area is 141 Å². The summed E-state index contributed by atoms with van der Waals surface area (Å²) in [5, 5.41) is 2.93. The van der Waals surface area contributed by atoms with Crippen molar-refractivity contribution in [2.75, 3.05) is 7.11 Å². The molecule has 5 nitrogen and oxygen atoms in total. The van der Waals surface area contributed by atoms with Crippen molar-refractivity contribution in [3.8, 4) is 0 Å². The van der Waals surface area contributed by atoms with Crippen molar-refractivity contribution in [1.82, 2.24) is 5.32 Å². The molecular formula is C19H21NO4. The number of rotatable bonds is 4. The smallest absolute Gasteiger partial charge is 0.407 e. The Hall–Kier alpha value is -2.30. The zero-order valence-corrected chi connectivity index (χ0v) is 13.6. The van der Waals surface area contributed by atoms with Gasteiger partial charge in [0.1, 0.15) is 6.61 Å². The van der Waals surface area contributed by atoms with Crippen LogP contribution in [0.4, 0.5) is 4.79 Å². The molecule has 6 atom stereocenters. The average molecular weight is 327 g/mol. The van der Waals surface area contributed by atoms with Crippen molar-refractivity contribution in [1.29, 1.82) is 0 Å². The first-order valence-electron chi connectivity index (χ1n) is 8.42. The summed E-state index contributed by atoms with van der Waals surface area (Å²) in [6.07, 6.45) is 4.94. The van der Waals surface area contributed by atoms with Gasteiger partial charge in [-0.15, -0.1) is 0 Å². The van der Waals surface area contributed by atoms with E-state index in [1.54, 1.807) is 0 Å². The first kappa shape index (κ1) is 15.2. The highest BCUT2D eigenvalue weighted by atomic mass is 16.5. The van der Waals surface area contributed by atoms with E-state index < -0.39 is 6.09 Å².